The number of rotatable bonds is 3. The van der Waals surface area contributed by atoms with Gasteiger partial charge in [0.2, 0.25) is 11.9 Å². The van der Waals surface area contributed by atoms with Crippen LogP contribution in [0.15, 0.2) is 36.7 Å². The van der Waals surface area contributed by atoms with E-state index in [1.54, 1.807) is 15.9 Å². The number of hydrogen-bond donors (Lipinski definition) is 0. The predicted molar refractivity (Wildman–Crippen MR) is 111 cm³/mol. The van der Waals surface area contributed by atoms with Crippen LogP contribution in [0.25, 0.3) is 0 Å². The van der Waals surface area contributed by atoms with Gasteiger partial charge in [0.15, 0.2) is 0 Å². The third-order valence-electron chi connectivity index (χ3n) is 6.05. The molecular formula is C21H22F4N4O3S. The molecule has 1 aromatic heterocycles. The van der Waals surface area contributed by atoms with Crippen LogP contribution < -0.4 is 4.90 Å². The molecule has 0 unspecified atom stereocenters. The van der Waals surface area contributed by atoms with Crippen LogP contribution in [0.3, 0.4) is 0 Å². The number of alkyl halides is 3. The van der Waals surface area contributed by atoms with Gasteiger partial charge in [-0.2, -0.15) is 13.2 Å². The number of sulfone groups is 1. The predicted octanol–water partition coefficient (Wildman–Crippen LogP) is 2.85. The molecule has 1 aromatic carbocycles. The van der Waals surface area contributed by atoms with Crippen molar-refractivity contribution in [3.05, 3.63) is 53.6 Å². The minimum atomic E-state index is -4.55. The van der Waals surface area contributed by atoms with Gasteiger partial charge in [-0.15, -0.1) is 0 Å². The van der Waals surface area contributed by atoms with Crippen LogP contribution >= 0.6 is 0 Å². The molecule has 0 bridgehead atoms. The first-order chi connectivity index (χ1) is 15.5. The average Bonchev–Trinajstić information content (AvgIpc) is 2.78. The average molecular weight is 486 g/mol. The fourth-order valence-corrected chi connectivity index (χ4v) is 5.72. The first-order valence-corrected chi connectivity index (χ1v) is 12.3. The van der Waals surface area contributed by atoms with E-state index >= 15 is 0 Å². The molecule has 33 heavy (non-hydrogen) atoms. The number of carbonyl (C=O) groups is 1. The molecule has 2 aliphatic heterocycles. The lowest BCUT2D eigenvalue weighted by Gasteiger charge is -2.43. The Morgan fingerprint density at radius 2 is 1.73 bits per heavy atom. The SMILES string of the molecule is O=C(C1CCS(=O)(=O)CC1)N1CCN(c2ncc(C(F)(F)F)cn2)C[C@@H]1c1cccc(F)c1. The highest BCUT2D eigenvalue weighted by Crippen LogP contribution is 2.32. The summed E-state index contributed by atoms with van der Waals surface area (Å²) in [6.07, 6.45) is -2.67. The summed E-state index contributed by atoms with van der Waals surface area (Å²) >= 11 is 0. The molecule has 4 rings (SSSR count). The van der Waals surface area contributed by atoms with Crippen LogP contribution in [0.4, 0.5) is 23.5 Å². The van der Waals surface area contributed by atoms with Crippen molar-refractivity contribution in [1.82, 2.24) is 14.9 Å². The zero-order valence-electron chi connectivity index (χ0n) is 17.5. The summed E-state index contributed by atoms with van der Waals surface area (Å²) in [5.41, 5.74) is -0.433. The van der Waals surface area contributed by atoms with E-state index in [9.17, 15) is 30.8 Å². The summed E-state index contributed by atoms with van der Waals surface area (Å²) in [7, 11) is -3.14. The van der Waals surface area contributed by atoms with Gasteiger partial charge in [-0.1, -0.05) is 12.1 Å². The Morgan fingerprint density at radius 3 is 2.33 bits per heavy atom. The fourth-order valence-electron chi connectivity index (χ4n) is 4.23. The maximum Gasteiger partial charge on any atom is 0.419 e. The van der Waals surface area contributed by atoms with Crippen LogP contribution in [0.5, 0.6) is 0 Å². The van der Waals surface area contributed by atoms with E-state index in [0.29, 0.717) is 18.0 Å². The van der Waals surface area contributed by atoms with E-state index in [1.165, 1.54) is 18.2 Å². The molecule has 2 fully saturated rings. The Bertz CT molecular complexity index is 1110. The Morgan fingerprint density at radius 1 is 1.06 bits per heavy atom. The summed E-state index contributed by atoms with van der Waals surface area (Å²) < 4.78 is 76.0. The van der Waals surface area contributed by atoms with E-state index in [4.69, 9.17) is 0 Å². The Kier molecular flexibility index (Phi) is 6.30. The Labute approximate surface area is 188 Å². The van der Waals surface area contributed by atoms with Gasteiger partial charge in [0, 0.05) is 37.9 Å². The highest BCUT2D eigenvalue weighted by Gasteiger charge is 2.38. The second-order valence-electron chi connectivity index (χ2n) is 8.24. The molecule has 178 valence electrons. The summed E-state index contributed by atoms with van der Waals surface area (Å²) in [6.45, 7) is 0.646. The summed E-state index contributed by atoms with van der Waals surface area (Å²) in [5, 5.41) is 0. The zero-order valence-corrected chi connectivity index (χ0v) is 18.3. The quantitative estimate of drug-likeness (QED) is 0.621. The maximum absolute atomic E-state index is 14.0. The summed E-state index contributed by atoms with van der Waals surface area (Å²) in [5.74, 6) is -1.14. The van der Waals surface area contributed by atoms with E-state index in [0.717, 1.165) is 0 Å². The van der Waals surface area contributed by atoms with Crippen molar-refractivity contribution in [2.75, 3.05) is 36.0 Å². The third-order valence-corrected chi connectivity index (χ3v) is 7.76. The minimum absolute atomic E-state index is 0.0482. The number of carbonyl (C=O) groups excluding carboxylic acids is 1. The van der Waals surface area contributed by atoms with Gasteiger partial charge in [0.25, 0.3) is 0 Å². The van der Waals surface area contributed by atoms with Crippen molar-refractivity contribution in [3.8, 4) is 0 Å². The minimum Gasteiger partial charge on any atom is -0.337 e. The molecule has 0 spiro atoms. The van der Waals surface area contributed by atoms with Gasteiger partial charge in [0.05, 0.1) is 23.1 Å². The zero-order chi connectivity index (χ0) is 23.8. The topological polar surface area (TPSA) is 83.5 Å². The van der Waals surface area contributed by atoms with Crippen molar-refractivity contribution in [2.24, 2.45) is 5.92 Å². The number of halogens is 4. The Balaban J connectivity index is 1.58. The molecule has 0 aliphatic carbocycles. The van der Waals surface area contributed by atoms with E-state index < -0.39 is 39.4 Å². The van der Waals surface area contributed by atoms with E-state index in [1.807, 2.05) is 0 Å². The molecule has 2 saturated heterocycles. The Hall–Kier alpha value is -2.76. The molecule has 0 radical (unpaired) electrons. The number of anilines is 1. The van der Waals surface area contributed by atoms with Crippen LogP contribution in [-0.4, -0.2) is 60.3 Å². The van der Waals surface area contributed by atoms with Crippen LogP contribution in [-0.2, 0) is 20.8 Å². The maximum atomic E-state index is 14.0. The van der Waals surface area contributed by atoms with Gasteiger partial charge in [0.1, 0.15) is 15.7 Å². The van der Waals surface area contributed by atoms with Crippen LogP contribution in [0, 0.1) is 11.7 Å². The van der Waals surface area contributed by atoms with Gasteiger partial charge >= 0.3 is 6.18 Å². The first kappa shape index (κ1) is 23.4. The van der Waals surface area contributed by atoms with Gasteiger partial charge in [-0.05, 0) is 30.5 Å². The smallest absolute Gasteiger partial charge is 0.337 e. The fraction of sp³-hybridized carbons (Fsp3) is 0.476. The van der Waals surface area contributed by atoms with E-state index in [2.05, 4.69) is 9.97 Å². The monoisotopic (exact) mass is 486 g/mol. The third kappa shape index (κ3) is 5.26. The van der Waals surface area contributed by atoms with Gasteiger partial charge < -0.3 is 9.80 Å². The number of amides is 1. The number of piperazine rings is 1. The lowest BCUT2D eigenvalue weighted by atomic mass is 9.96. The van der Waals surface area contributed by atoms with Crippen LogP contribution in [0.1, 0.15) is 30.0 Å². The lowest BCUT2D eigenvalue weighted by Crippen LogP contribution is -2.53. The number of aromatic nitrogens is 2. The lowest BCUT2D eigenvalue weighted by molar-refractivity contribution is -0.139. The molecule has 1 amide bonds. The largest absolute Gasteiger partial charge is 0.419 e. The summed E-state index contributed by atoms with van der Waals surface area (Å²) in [6, 6.07) is 5.20. The second kappa shape index (κ2) is 8.88. The molecule has 1 atom stereocenters. The van der Waals surface area contributed by atoms with Gasteiger partial charge in [-0.3, -0.25) is 4.79 Å². The number of nitrogens with zero attached hydrogens (tertiary/aromatic N) is 4. The van der Waals surface area contributed by atoms with Crippen molar-refractivity contribution < 1.29 is 30.8 Å². The molecular weight excluding hydrogens is 464 g/mol. The second-order valence-corrected chi connectivity index (χ2v) is 10.5. The molecule has 2 aromatic rings. The van der Waals surface area contributed by atoms with E-state index in [-0.39, 0.29) is 55.8 Å². The molecule has 0 saturated carbocycles. The number of hydrogen-bond acceptors (Lipinski definition) is 6. The standard InChI is InChI=1S/C21H22F4N4O3S/c22-17-3-1-2-15(10-17)18-13-28(20-26-11-16(12-27-20)21(23,24)25)6-7-29(18)19(30)14-4-8-33(31,32)9-5-14/h1-3,10-12,14,18H,4-9,13H2/t18-/m1/s1. The molecule has 3 heterocycles. The van der Waals surface area contributed by atoms with Crippen molar-refractivity contribution >= 4 is 21.7 Å². The van der Waals surface area contributed by atoms with Crippen LogP contribution in [0.2, 0.25) is 0 Å². The van der Waals surface area contributed by atoms with Crippen molar-refractivity contribution in [2.45, 2.75) is 25.1 Å². The van der Waals surface area contributed by atoms with Gasteiger partial charge in [-0.25, -0.2) is 22.8 Å². The highest BCUT2D eigenvalue weighted by molar-refractivity contribution is 7.91. The van der Waals surface area contributed by atoms with Crippen molar-refractivity contribution in [1.29, 1.82) is 0 Å². The van der Waals surface area contributed by atoms with Crippen molar-refractivity contribution in [3.63, 3.8) is 0 Å². The highest BCUT2D eigenvalue weighted by atomic mass is 32.2. The first-order valence-electron chi connectivity index (χ1n) is 10.4. The molecule has 2 aliphatic rings. The summed E-state index contributed by atoms with van der Waals surface area (Å²) in [4.78, 5) is 24.2. The molecule has 12 heteroatoms. The molecule has 7 nitrogen and oxygen atoms in total. The normalized spacial score (nSPS) is 21.8. The molecule has 0 N–H and O–H groups in total. The number of benzene rings is 1.